The summed E-state index contributed by atoms with van der Waals surface area (Å²) in [5.41, 5.74) is 2.34. The van der Waals surface area contributed by atoms with Crippen LogP contribution in [0, 0.1) is 0 Å². The molecule has 0 spiro atoms. The van der Waals surface area contributed by atoms with E-state index in [-0.39, 0.29) is 5.91 Å². The minimum atomic E-state index is -0.0816. The van der Waals surface area contributed by atoms with E-state index in [1.807, 2.05) is 60.7 Å². The Bertz CT molecular complexity index is 1130. The van der Waals surface area contributed by atoms with Crippen LogP contribution in [-0.2, 0) is 6.54 Å². The molecule has 0 unspecified atom stereocenters. The van der Waals surface area contributed by atoms with Crippen molar-refractivity contribution in [1.82, 2.24) is 9.97 Å². The highest BCUT2D eigenvalue weighted by Gasteiger charge is 2.22. The van der Waals surface area contributed by atoms with Gasteiger partial charge in [-0.2, -0.15) is 0 Å². The zero-order valence-electron chi connectivity index (χ0n) is 15.7. The number of hydrogen-bond acceptors (Lipinski definition) is 5. The Labute approximate surface area is 186 Å². The maximum atomic E-state index is 13.4. The molecule has 0 N–H and O–H groups in total. The van der Waals surface area contributed by atoms with Crippen molar-refractivity contribution in [2.75, 3.05) is 10.7 Å². The fourth-order valence-electron chi connectivity index (χ4n) is 2.90. The molecule has 0 radical (unpaired) electrons. The van der Waals surface area contributed by atoms with Crippen molar-refractivity contribution in [2.45, 2.75) is 18.4 Å². The molecule has 0 aliphatic rings. The molecule has 0 aliphatic carbocycles. The average molecular weight is 484 g/mol. The second kappa shape index (κ2) is 9.07. The van der Waals surface area contributed by atoms with Crippen LogP contribution in [0.15, 0.2) is 76.2 Å². The summed E-state index contributed by atoms with van der Waals surface area (Å²) in [4.78, 5) is 25.4. The molecule has 2 aromatic heterocycles. The number of anilines is 1. The summed E-state index contributed by atoms with van der Waals surface area (Å²) >= 11 is 6.77. The highest BCUT2D eigenvalue weighted by Crippen LogP contribution is 2.32. The Kier molecular flexibility index (Phi) is 6.28. The fourth-order valence-corrected chi connectivity index (χ4v) is 5.07. The summed E-state index contributed by atoms with van der Waals surface area (Å²) in [7, 11) is 0. The maximum absolute atomic E-state index is 13.4. The van der Waals surface area contributed by atoms with Crippen LogP contribution < -0.4 is 4.90 Å². The molecule has 7 heteroatoms. The van der Waals surface area contributed by atoms with E-state index in [0.29, 0.717) is 17.2 Å². The molecule has 0 saturated heterocycles. The van der Waals surface area contributed by atoms with Crippen LogP contribution in [0.4, 0.5) is 5.13 Å². The molecule has 29 heavy (non-hydrogen) atoms. The molecular weight excluding hydrogens is 466 g/mol. The van der Waals surface area contributed by atoms with Gasteiger partial charge in [0.1, 0.15) is 0 Å². The second-order valence-corrected chi connectivity index (χ2v) is 9.54. The van der Waals surface area contributed by atoms with E-state index < -0.39 is 0 Å². The van der Waals surface area contributed by atoms with E-state index in [1.165, 1.54) is 11.3 Å². The van der Waals surface area contributed by atoms with Crippen LogP contribution >= 0.6 is 39.0 Å². The Morgan fingerprint density at radius 1 is 1.14 bits per heavy atom. The molecule has 0 aliphatic heterocycles. The van der Waals surface area contributed by atoms with E-state index >= 15 is 0 Å². The van der Waals surface area contributed by atoms with E-state index in [0.717, 1.165) is 31.0 Å². The number of thiazole rings is 1. The standard InChI is InChI=1S/C22H18BrN3OS2/c1-2-28-18-9-6-15(7-10-18)21(27)26(14-17-5-3-4-12-24-17)22-25-19-11-8-16(23)13-20(19)29-22/h3-13H,2,14H2,1H3. The third-order valence-electron chi connectivity index (χ3n) is 4.27. The topological polar surface area (TPSA) is 46.1 Å². The summed E-state index contributed by atoms with van der Waals surface area (Å²) in [5, 5.41) is 0.667. The Morgan fingerprint density at radius 3 is 2.69 bits per heavy atom. The van der Waals surface area contributed by atoms with Gasteiger partial charge in [-0.15, -0.1) is 11.8 Å². The smallest absolute Gasteiger partial charge is 0.260 e. The average Bonchev–Trinajstić information content (AvgIpc) is 3.16. The van der Waals surface area contributed by atoms with Crippen molar-refractivity contribution in [3.8, 4) is 0 Å². The lowest BCUT2D eigenvalue weighted by Gasteiger charge is -2.19. The molecule has 0 bridgehead atoms. The van der Waals surface area contributed by atoms with Gasteiger partial charge in [0.15, 0.2) is 5.13 Å². The highest BCUT2D eigenvalue weighted by atomic mass is 79.9. The number of carbonyl (C=O) groups is 1. The van der Waals surface area contributed by atoms with Gasteiger partial charge in [0.05, 0.1) is 22.5 Å². The van der Waals surface area contributed by atoms with Crippen molar-refractivity contribution in [3.63, 3.8) is 0 Å². The summed E-state index contributed by atoms with van der Waals surface area (Å²) < 4.78 is 2.02. The monoisotopic (exact) mass is 483 g/mol. The number of amides is 1. The molecule has 4 nitrogen and oxygen atoms in total. The van der Waals surface area contributed by atoms with Crippen LogP contribution in [0.5, 0.6) is 0 Å². The van der Waals surface area contributed by atoms with Gasteiger partial charge in [-0.05, 0) is 60.4 Å². The van der Waals surface area contributed by atoms with Gasteiger partial charge in [0, 0.05) is 21.1 Å². The van der Waals surface area contributed by atoms with E-state index in [4.69, 9.17) is 4.98 Å². The number of pyridine rings is 1. The van der Waals surface area contributed by atoms with Gasteiger partial charge < -0.3 is 0 Å². The summed E-state index contributed by atoms with van der Waals surface area (Å²) in [6.07, 6.45) is 1.74. The predicted octanol–water partition coefficient (Wildman–Crippen LogP) is 6.41. The van der Waals surface area contributed by atoms with Crippen molar-refractivity contribution in [1.29, 1.82) is 0 Å². The van der Waals surface area contributed by atoms with Crippen LogP contribution in [0.2, 0.25) is 0 Å². The zero-order valence-corrected chi connectivity index (χ0v) is 18.9. The lowest BCUT2D eigenvalue weighted by molar-refractivity contribution is 0.0984. The molecule has 0 fully saturated rings. The Hall–Kier alpha value is -2.22. The Morgan fingerprint density at radius 2 is 1.97 bits per heavy atom. The van der Waals surface area contributed by atoms with Crippen LogP contribution in [0.3, 0.4) is 0 Å². The lowest BCUT2D eigenvalue weighted by Crippen LogP contribution is -2.30. The van der Waals surface area contributed by atoms with Gasteiger partial charge in [-0.3, -0.25) is 14.7 Å². The third kappa shape index (κ3) is 4.69. The van der Waals surface area contributed by atoms with Crippen molar-refractivity contribution in [2.24, 2.45) is 0 Å². The number of halogens is 1. The number of benzene rings is 2. The lowest BCUT2D eigenvalue weighted by atomic mass is 10.2. The van der Waals surface area contributed by atoms with E-state index in [9.17, 15) is 4.79 Å². The van der Waals surface area contributed by atoms with Crippen LogP contribution in [0.1, 0.15) is 23.0 Å². The molecular formula is C22H18BrN3OS2. The van der Waals surface area contributed by atoms with Crippen LogP contribution in [-0.4, -0.2) is 21.6 Å². The summed E-state index contributed by atoms with van der Waals surface area (Å²) in [5.74, 6) is 0.919. The van der Waals surface area contributed by atoms with Gasteiger partial charge in [-0.1, -0.05) is 40.3 Å². The number of hydrogen-bond donors (Lipinski definition) is 0. The van der Waals surface area contributed by atoms with Gasteiger partial charge in [0.2, 0.25) is 0 Å². The normalized spacial score (nSPS) is 11.0. The molecule has 4 rings (SSSR count). The molecule has 0 atom stereocenters. The highest BCUT2D eigenvalue weighted by molar-refractivity contribution is 9.10. The SMILES string of the molecule is CCSc1ccc(C(=O)N(Cc2ccccn2)c2nc3ccc(Br)cc3s2)cc1. The first-order chi connectivity index (χ1) is 14.1. The molecule has 2 aromatic carbocycles. The number of thioether (sulfide) groups is 1. The van der Waals surface area contributed by atoms with Crippen LogP contribution in [0.25, 0.3) is 10.2 Å². The number of rotatable bonds is 6. The summed E-state index contributed by atoms with van der Waals surface area (Å²) in [6.45, 7) is 2.48. The predicted molar refractivity (Wildman–Crippen MR) is 125 cm³/mol. The molecule has 0 saturated carbocycles. The zero-order chi connectivity index (χ0) is 20.2. The minimum absolute atomic E-state index is 0.0816. The van der Waals surface area contributed by atoms with Crippen molar-refractivity contribution in [3.05, 3.63) is 82.6 Å². The van der Waals surface area contributed by atoms with Crippen molar-refractivity contribution >= 4 is 60.3 Å². The second-order valence-electron chi connectivity index (χ2n) is 6.28. The van der Waals surface area contributed by atoms with Gasteiger partial charge in [-0.25, -0.2) is 4.98 Å². The molecule has 1 amide bonds. The molecule has 2 heterocycles. The first-order valence-corrected chi connectivity index (χ1v) is 11.7. The minimum Gasteiger partial charge on any atom is -0.278 e. The largest absolute Gasteiger partial charge is 0.278 e. The van der Waals surface area contributed by atoms with Gasteiger partial charge in [0.25, 0.3) is 5.91 Å². The van der Waals surface area contributed by atoms with Gasteiger partial charge >= 0.3 is 0 Å². The van der Waals surface area contributed by atoms with E-state index in [2.05, 4.69) is 27.8 Å². The van der Waals surface area contributed by atoms with Crippen molar-refractivity contribution < 1.29 is 4.79 Å². The molecule has 146 valence electrons. The summed E-state index contributed by atoms with van der Waals surface area (Å²) in [6, 6.07) is 19.4. The fraction of sp³-hybridized carbons (Fsp3) is 0.136. The first kappa shape index (κ1) is 20.1. The van der Waals surface area contributed by atoms with E-state index in [1.54, 1.807) is 22.9 Å². The first-order valence-electron chi connectivity index (χ1n) is 9.15. The number of fused-ring (bicyclic) bond motifs is 1. The quantitative estimate of drug-likeness (QED) is 0.297. The maximum Gasteiger partial charge on any atom is 0.260 e. The number of carbonyl (C=O) groups excluding carboxylic acids is 1. The Balaban J connectivity index is 1.71. The third-order valence-corrected chi connectivity index (χ3v) is 6.70. The molecule has 4 aromatic rings. The number of aromatic nitrogens is 2. The number of nitrogens with zero attached hydrogens (tertiary/aromatic N) is 3.